The van der Waals surface area contributed by atoms with Gasteiger partial charge in [-0.3, -0.25) is 4.79 Å². The molecule has 0 radical (unpaired) electrons. The first-order chi connectivity index (χ1) is 9.76. The molecule has 1 rings (SSSR count). The molecule has 1 N–H and O–H groups in total. The fourth-order valence-electron chi connectivity index (χ4n) is 1.87. The minimum Gasteiger partial charge on any atom is -0.496 e. The van der Waals surface area contributed by atoms with Crippen molar-refractivity contribution in [3.8, 4) is 5.75 Å². The second kappa shape index (κ2) is 7.31. The summed E-state index contributed by atoms with van der Waals surface area (Å²) in [5.74, 6) is 0.213. The number of rotatable bonds is 6. The number of amides is 1. The second-order valence-electron chi connectivity index (χ2n) is 4.64. The molecular weight excluding hydrogens is 285 g/mol. The van der Waals surface area contributed by atoms with Gasteiger partial charge in [-0.25, -0.2) is 0 Å². The third-order valence-electron chi connectivity index (χ3n) is 3.17. The average molecular weight is 304 g/mol. The molecule has 118 valence electrons. The SMILES string of the molecule is COc1ccccc1C(C)N(C)C(=O)CNCC(F)(F)F. The van der Waals surface area contributed by atoms with E-state index in [1.165, 1.54) is 12.0 Å². The van der Waals surface area contributed by atoms with Gasteiger partial charge in [0.25, 0.3) is 0 Å². The van der Waals surface area contributed by atoms with Gasteiger partial charge in [0.2, 0.25) is 5.91 Å². The zero-order chi connectivity index (χ0) is 16.0. The largest absolute Gasteiger partial charge is 0.496 e. The van der Waals surface area contributed by atoms with Crippen molar-refractivity contribution >= 4 is 5.91 Å². The normalized spacial score (nSPS) is 12.9. The number of halogens is 3. The van der Waals surface area contributed by atoms with Crippen molar-refractivity contribution in [2.45, 2.75) is 19.1 Å². The number of benzene rings is 1. The predicted molar refractivity (Wildman–Crippen MR) is 73.1 cm³/mol. The number of carbonyl (C=O) groups excluding carboxylic acids is 1. The van der Waals surface area contributed by atoms with Crippen LogP contribution < -0.4 is 10.1 Å². The van der Waals surface area contributed by atoms with E-state index >= 15 is 0 Å². The summed E-state index contributed by atoms with van der Waals surface area (Å²) in [4.78, 5) is 13.3. The van der Waals surface area contributed by atoms with Crippen LogP contribution in [-0.4, -0.2) is 44.2 Å². The first-order valence-corrected chi connectivity index (χ1v) is 6.42. The molecule has 0 aromatic heterocycles. The number of hydrogen-bond donors (Lipinski definition) is 1. The minimum absolute atomic E-state index is 0.304. The van der Waals surface area contributed by atoms with Gasteiger partial charge in [-0.05, 0) is 13.0 Å². The molecule has 1 amide bonds. The van der Waals surface area contributed by atoms with Gasteiger partial charge < -0.3 is 15.0 Å². The van der Waals surface area contributed by atoms with Gasteiger partial charge in [-0.15, -0.1) is 0 Å². The van der Waals surface area contributed by atoms with Crippen LogP contribution in [0.4, 0.5) is 13.2 Å². The predicted octanol–water partition coefficient (Wildman–Crippen LogP) is 2.37. The van der Waals surface area contributed by atoms with Crippen LogP contribution in [0, 0.1) is 0 Å². The Labute approximate surface area is 121 Å². The minimum atomic E-state index is -4.33. The lowest BCUT2D eigenvalue weighted by Crippen LogP contribution is -2.40. The van der Waals surface area contributed by atoms with E-state index in [9.17, 15) is 18.0 Å². The maximum absolute atomic E-state index is 12.0. The van der Waals surface area contributed by atoms with Crippen LogP contribution in [0.3, 0.4) is 0 Å². The molecule has 0 aliphatic carbocycles. The highest BCUT2D eigenvalue weighted by Crippen LogP contribution is 2.27. The van der Waals surface area contributed by atoms with Crippen molar-refractivity contribution in [2.75, 3.05) is 27.2 Å². The van der Waals surface area contributed by atoms with Crippen LogP contribution in [0.2, 0.25) is 0 Å². The van der Waals surface area contributed by atoms with Gasteiger partial charge >= 0.3 is 6.18 Å². The second-order valence-corrected chi connectivity index (χ2v) is 4.64. The Kier molecular flexibility index (Phi) is 6.02. The molecule has 0 spiro atoms. The monoisotopic (exact) mass is 304 g/mol. The van der Waals surface area contributed by atoms with Gasteiger partial charge in [0.15, 0.2) is 0 Å². The number of alkyl halides is 3. The van der Waals surface area contributed by atoms with E-state index in [0.717, 1.165) is 5.56 Å². The highest BCUT2D eigenvalue weighted by molar-refractivity contribution is 5.78. The summed E-state index contributed by atoms with van der Waals surface area (Å²) < 4.78 is 41.3. The lowest BCUT2D eigenvalue weighted by atomic mass is 10.1. The lowest BCUT2D eigenvalue weighted by Gasteiger charge is -2.26. The van der Waals surface area contributed by atoms with Gasteiger partial charge in [0.05, 0.1) is 26.2 Å². The van der Waals surface area contributed by atoms with Crippen LogP contribution in [0.25, 0.3) is 0 Å². The van der Waals surface area contributed by atoms with Crippen molar-refractivity contribution in [1.82, 2.24) is 10.2 Å². The Bertz CT molecular complexity index is 478. The van der Waals surface area contributed by atoms with E-state index in [0.29, 0.717) is 5.75 Å². The molecule has 21 heavy (non-hydrogen) atoms. The third-order valence-corrected chi connectivity index (χ3v) is 3.17. The summed E-state index contributed by atoms with van der Waals surface area (Å²) >= 11 is 0. The summed E-state index contributed by atoms with van der Waals surface area (Å²) in [6.45, 7) is 0.241. The number of nitrogens with one attached hydrogen (secondary N) is 1. The van der Waals surface area contributed by atoms with Crippen molar-refractivity contribution < 1.29 is 22.7 Å². The van der Waals surface area contributed by atoms with Crippen LogP contribution in [0.1, 0.15) is 18.5 Å². The molecule has 0 fully saturated rings. The fraction of sp³-hybridized carbons (Fsp3) is 0.500. The first kappa shape index (κ1) is 17.3. The van der Waals surface area contributed by atoms with E-state index in [-0.39, 0.29) is 12.6 Å². The van der Waals surface area contributed by atoms with E-state index in [1.54, 1.807) is 20.0 Å². The number of methoxy groups -OCH3 is 1. The Morgan fingerprint density at radius 1 is 1.38 bits per heavy atom. The number of carbonyl (C=O) groups is 1. The molecule has 0 saturated heterocycles. The number of para-hydroxylation sites is 1. The number of ether oxygens (including phenoxy) is 1. The molecule has 4 nitrogen and oxygen atoms in total. The van der Waals surface area contributed by atoms with Crippen molar-refractivity contribution in [2.24, 2.45) is 0 Å². The molecular formula is C14H19F3N2O2. The molecule has 7 heteroatoms. The molecule has 0 heterocycles. The quantitative estimate of drug-likeness (QED) is 0.877. The zero-order valence-electron chi connectivity index (χ0n) is 12.2. The van der Waals surface area contributed by atoms with E-state index in [1.807, 2.05) is 18.2 Å². The number of nitrogens with zero attached hydrogens (tertiary/aromatic N) is 1. The summed E-state index contributed by atoms with van der Waals surface area (Å²) in [7, 11) is 3.08. The van der Waals surface area contributed by atoms with Crippen LogP contribution in [0.5, 0.6) is 5.75 Å². The number of likely N-dealkylation sites (N-methyl/N-ethyl adjacent to an activating group) is 1. The Hall–Kier alpha value is -1.76. The van der Waals surface area contributed by atoms with Crippen molar-refractivity contribution in [3.63, 3.8) is 0 Å². The maximum atomic E-state index is 12.0. The van der Waals surface area contributed by atoms with Crippen molar-refractivity contribution in [3.05, 3.63) is 29.8 Å². The summed E-state index contributed by atoms with van der Waals surface area (Å²) in [5.41, 5.74) is 0.798. The van der Waals surface area contributed by atoms with Gasteiger partial charge in [0.1, 0.15) is 5.75 Å². The van der Waals surface area contributed by atoms with Crippen molar-refractivity contribution in [1.29, 1.82) is 0 Å². The zero-order valence-corrected chi connectivity index (χ0v) is 12.2. The molecule has 0 saturated carbocycles. The molecule has 0 aliphatic heterocycles. The maximum Gasteiger partial charge on any atom is 0.401 e. The Morgan fingerprint density at radius 2 is 2.00 bits per heavy atom. The standard InChI is InChI=1S/C14H19F3N2O2/c1-10(11-6-4-5-7-12(11)21-3)19(2)13(20)8-18-9-14(15,16)17/h4-7,10,18H,8-9H2,1-3H3. The van der Waals surface area contributed by atoms with Crippen LogP contribution in [0.15, 0.2) is 24.3 Å². The van der Waals surface area contributed by atoms with Crippen LogP contribution >= 0.6 is 0 Å². The molecule has 1 unspecified atom stereocenters. The topological polar surface area (TPSA) is 41.6 Å². The smallest absolute Gasteiger partial charge is 0.401 e. The molecule has 0 aliphatic rings. The Morgan fingerprint density at radius 3 is 2.57 bits per heavy atom. The molecule has 1 aromatic rings. The number of hydrogen-bond acceptors (Lipinski definition) is 3. The highest BCUT2D eigenvalue weighted by Gasteiger charge is 2.27. The summed E-state index contributed by atoms with van der Waals surface area (Å²) in [6, 6.07) is 6.90. The third kappa shape index (κ3) is 5.26. The van der Waals surface area contributed by atoms with Gasteiger partial charge in [0, 0.05) is 12.6 Å². The van der Waals surface area contributed by atoms with E-state index in [2.05, 4.69) is 5.32 Å². The molecule has 0 bridgehead atoms. The van der Waals surface area contributed by atoms with E-state index < -0.39 is 18.6 Å². The molecule has 1 atom stereocenters. The summed E-state index contributed by atoms with van der Waals surface area (Å²) in [5, 5.41) is 2.09. The first-order valence-electron chi connectivity index (χ1n) is 6.42. The lowest BCUT2D eigenvalue weighted by molar-refractivity contribution is -0.134. The van der Waals surface area contributed by atoms with Crippen LogP contribution in [-0.2, 0) is 4.79 Å². The Balaban J connectivity index is 2.65. The average Bonchev–Trinajstić information content (AvgIpc) is 2.44. The van der Waals surface area contributed by atoms with Gasteiger partial charge in [-0.1, -0.05) is 18.2 Å². The highest BCUT2D eigenvalue weighted by atomic mass is 19.4. The summed E-state index contributed by atoms with van der Waals surface area (Å²) in [6.07, 6.45) is -4.33. The molecule has 1 aromatic carbocycles. The fourth-order valence-corrected chi connectivity index (χ4v) is 1.87. The van der Waals surface area contributed by atoms with E-state index in [4.69, 9.17) is 4.74 Å². The van der Waals surface area contributed by atoms with Gasteiger partial charge in [-0.2, -0.15) is 13.2 Å².